The lowest BCUT2D eigenvalue weighted by Gasteiger charge is -2.33. The topological polar surface area (TPSA) is 41.9 Å². The Morgan fingerprint density at radius 3 is 2.73 bits per heavy atom. The second-order valence-corrected chi connectivity index (χ2v) is 6.76. The van der Waals surface area contributed by atoms with Crippen LogP contribution in [-0.2, 0) is 13.0 Å². The first kappa shape index (κ1) is 15.6. The van der Waals surface area contributed by atoms with E-state index >= 15 is 0 Å². The third-order valence-electron chi connectivity index (χ3n) is 4.99. The molecular formula is C18H27NO3. The molecule has 0 radical (unpaired) electrons. The molecule has 1 fully saturated rings. The van der Waals surface area contributed by atoms with Crippen molar-refractivity contribution in [3.8, 4) is 11.5 Å². The smallest absolute Gasteiger partial charge is 0.127 e. The average Bonchev–Trinajstić information content (AvgIpc) is 2.88. The minimum Gasteiger partial charge on any atom is -0.497 e. The SMILES string of the molecule is COc1cc2c(c(CN3CCC(C(C)O)CC3)c1)OC(C)C2. The van der Waals surface area contributed by atoms with Gasteiger partial charge in [0.05, 0.1) is 13.2 Å². The van der Waals surface area contributed by atoms with Gasteiger partial charge in [-0.1, -0.05) is 0 Å². The minimum absolute atomic E-state index is 0.188. The molecule has 1 aromatic carbocycles. The molecule has 2 aliphatic heterocycles. The Balaban J connectivity index is 1.72. The molecule has 0 aromatic heterocycles. The molecule has 2 heterocycles. The van der Waals surface area contributed by atoms with E-state index in [2.05, 4.69) is 24.0 Å². The van der Waals surface area contributed by atoms with Gasteiger partial charge in [0.15, 0.2) is 0 Å². The summed E-state index contributed by atoms with van der Waals surface area (Å²) >= 11 is 0. The summed E-state index contributed by atoms with van der Waals surface area (Å²) in [7, 11) is 1.72. The standard InChI is InChI=1S/C18H27NO3/c1-12-8-15-9-17(21-3)10-16(18(15)22-12)11-19-6-4-14(5-7-19)13(2)20/h9-10,12-14,20H,4-8,11H2,1-3H3. The summed E-state index contributed by atoms with van der Waals surface area (Å²) in [5, 5.41) is 9.72. The summed E-state index contributed by atoms with van der Waals surface area (Å²) < 4.78 is 11.5. The third kappa shape index (κ3) is 3.23. The molecule has 2 unspecified atom stereocenters. The van der Waals surface area contributed by atoms with Crippen molar-refractivity contribution in [3.63, 3.8) is 0 Å². The third-order valence-corrected chi connectivity index (χ3v) is 4.99. The lowest BCUT2D eigenvalue weighted by Crippen LogP contribution is -2.36. The summed E-state index contributed by atoms with van der Waals surface area (Å²) in [6.45, 7) is 7.00. The summed E-state index contributed by atoms with van der Waals surface area (Å²) in [6.07, 6.45) is 3.17. The second-order valence-electron chi connectivity index (χ2n) is 6.76. The van der Waals surface area contributed by atoms with Gasteiger partial charge in [-0.25, -0.2) is 0 Å². The van der Waals surface area contributed by atoms with E-state index in [0.29, 0.717) is 5.92 Å². The monoisotopic (exact) mass is 305 g/mol. The normalized spacial score (nSPS) is 23.9. The number of ether oxygens (including phenoxy) is 2. The second kappa shape index (κ2) is 6.47. The molecule has 2 aliphatic rings. The Bertz CT molecular complexity index is 521. The molecular weight excluding hydrogens is 278 g/mol. The summed E-state index contributed by atoms with van der Waals surface area (Å²) in [6, 6.07) is 4.21. The molecule has 4 heteroatoms. The molecule has 0 amide bonds. The van der Waals surface area contributed by atoms with E-state index in [-0.39, 0.29) is 12.2 Å². The summed E-state index contributed by atoms with van der Waals surface area (Å²) in [5.41, 5.74) is 2.50. The van der Waals surface area contributed by atoms with Crippen LogP contribution in [0.15, 0.2) is 12.1 Å². The van der Waals surface area contributed by atoms with Gasteiger partial charge in [0.25, 0.3) is 0 Å². The maximum absolute atomic E-state index is 9.72. The van der Waals surface area contributed by atoms with Crippen molar-refractivity contribution in [3.05, 3.63) is 23.3 Å². The van der Waals surface area contributed by atoms with E-state index in [9.17, 15) is 5.11 Å². The molecule has 0 saturated carbocycles. The zero-order valence-corrected chi connectivity index (χ0v) is 13.8. The Morgan fingerprint density at radius 2 is 2.09 bits per heavy atom. The van der Waals surface area contributed by atoms with Crippen LogP contribution in [0.2, 0.25) is 0 Å². The van der Waals surface area contributed by atoms with Crippen LogP contribution in [-0.4, -0.2) is 42.4 Å². The number of rotatable bonds is 4. The first-order valence-corrected chi connectivity index (χ1v) is 8.33. The highest BCUT2D eigenvalue weighted by Crippen LogP contribution is 2.37. The molecule has 0 bridgehead atoms. The molecule has 1 N–H and O–H groups in total. The summed E-state index contributed by atoms with van der Waals surface area (Å²) in [4.78, 5) is 2.46. The number of aliphatic hydroxyl groups excluding tert-OH is 1. The van der Waals surface area contributed by atoms with Gasteiger partial charge in [0, 0.05) is 24.1 Å². The van der Waals surface area contributed by atoms with Crippen LogP contribution < -0.4 is 9.47 Å². The lowest BCUT2D eigenvalue weighted by molar-refractivity contribution is 0.0691. The number of fused-ring (bicyclic) bond motifs is 1. The number of likely N-dealkylation sites (tertiary alicyclic amines) is 1. The number of aliphatic hydroxyl groups is 1. The van der Waals surface area contributed by atoms with Crippen LogP contribution >= 0.6 is 0 Å². The predicted octanol–water partition coefficient (Wildman–Crippen LogP) is 2.61. The van der Waals surface area contributed by atoms with Crippen molar-refractivity contribution in [1.82, 2.24) is 4.90 Å². The molecule has 3 rings (SSSR count). The zero-order valence-electron chi connectivity index (χ0n) is 13.8. The van der Waals surface area contributed by atoms with Gasteiger partial charge < -0.3 is 14.6 Å². The first-order valence-electron chi connectivity index (χ1n) is 8.33. The number of nitrogens with zero attached hydrogens (tertiary/aromatic N) is 1. The van der Waals surface area contributed by atoms with Crippen LogP contribution in [0.5, 0.6) is 11.5 Å². The number of hydrogen-bond donors (Lipinski definition) is 1. The van der Waals surface area contributed by atoms with Crippen LogP contribution in [0.1, 0.15) is 37.8 Å². The Kier molecular flexibility index (Phi) is 4.59. The van der Waals surface area contributed by atoms with Crippen molar-refractivity contribution < 1.29 is 14.6 Å². The van der Waals surface area contributed by atoms with E-state index < -0.39 is 0 Å². The molecule has 1 saturated heterocycles. The number of methoxy groups -OCH3 is 1. The molecule has 0 spiro atoms. The Labute approximate surface area is 133 Å². The predicted molar refractivity (Wildman–Crippen MR) is 86.5 cm³/mol. The van der Waals surface area contributed by atoms with E-state index in [1.807, 2.05) is 6.92 Å². The largest absolute Gasteiger partial charge is 0.497 e. The maximum atomic E-state index is 9.72. The number of piperidine rings is 1. The quantitative estimate of drug-likeness (QED) is 0.928. The molecule has 0 aliphatic carbocycles. The summed E-state index contributed by atoms with van der Waals surface area (Å²) in [5.74, 6) is 2.43. The van der Waals surface area contributed by atoms with E-state index in [0.717, 1.165) is 50.4 Å². The minimum atomic E-state index is -0.188. The highest BCUT2D eigenvalue weighted by Gasteiger charge is 2.27. The van der Waals surface area contributed by atoms with Crippen molar-refractivity contribution in [1.29, 1.82) is 0 Å². The Hall–Kier alpha value is -1.26. The molecule has 122 valence electrons. The van der Waals surface area contributed by atoms with Gasteiger partial charge in [-0.15, -0.1) is 0 Å². The first-order chi connectivity index (χ1) is 10.6. The lowest BCUT2D eigenvalue weighted by atomic mass is 9.92. The number of hydrogen-bond acceptors (Lipinski definition) is 4. The van der Waals surface area contributed by atoms with Crippen LogP contribution in [0, 0.1) is 5.92 Å². The van der Waals surface area contributed by atoms with Gasteiger partial charge in [-0.05, 0) is 57.8 Å². The molecule has 4 nitrogen and oxygen atoms in total. The van der Waals surface area contributed by atoms with Gasteiger partial charge in [-0.3, -0.25) is 4.90 Å². The van der Waals surface area contributed by atoms with Gasteiger partial charge >= 0.3 is 0 Å². The number of benzene rings is 1. The fourth-order valence-electron chi connectivity index (χ4n) is 3.65. The van der Waals surface area contributed by atoms with Gasteiger partial charge in [0.1, 0.15) is 17.6 Å². The van der Waals surface area contributed by atoms with Crippen LogP contribution in [0.25, 0.3) is 0 Å². The Morgan fingerprint density at radius 1 is 1.36 bits per heavy atom. The molecule has 22 heavy (non-hydrogen) atoms. The van der Waals surface area contributed by atoms with E-state index in [4.69, 9.17) is 9.47 Å². The van der Waals surface area contributed by atoms with Crippen molar-refractivity contribution in [2.75, 3.05) is 20.2 Å². The molecule has 2 atom stereocenters. The van der Waals surface area contributed by atoms with Gasteiger partial charge in [-0.2, -0.15) is 0 Å². The van der Waals surface area contributed by atoms with Gasteiger partial charge in [0.2, 0.25) is 0 Å². The highest BCUT2D eigenvalue weighted by molar-refractivity contribution is 5.49. The average molecular weight is 305 g/mol. The zero-order chi connectivity index (χ0) is 15.7. The van der Waals surface area contributed by atoms with Crippen molar-refractivity contribution in [2.45, 2.75) is 51.9 Å². The van der Waals surface area contributed by atoms with Crippen LogP contribution in [0.3, 0.4) is 0 Å². The van der Waals surface area contributed by atoms with E-state index in [1.54, 1.807) is 7.11 Å². The fraction of sp³-hybridized carbons (Fsp3) is 0.667. The fourth-order valence-corrected chi connectivity index (χ4v) is 3.65. The van der Waals surface area contributed by atoms with Crippen molar-refractivity contribution in [2.24, 2.45) is 5.92 Å². The van der Waals surface area contributed by atoms with Crippen LogP contribution in [0.4, 0.5) is 0 Å². The highest BCUT2D eigenvalue weighted by atomic mass is 16.5. The maximum Gasteiger partial charge on any atom is 0.127 e. The van der Waals surface area contributed by atoms with E-state index in [1.165, 1.54) is 11.1 Å². The molecule has 1 aromatic rings. The van der Waals surface area contributed by atoms with Crippen molar-refractivity contribution >= 4 is 0 Å².